The van der Waals surface area contributed by atoms with Crippen LogP contribution in [0.4, 0.5) is 0 Å². The first kappa shape index (κ1) is 27.4. The van der Waals surface area contributed by atoms with Crippen molar-refractivity contribution in [3.8, 4) is 5.75 Å². The lowest BCUT2D eigenvalue weighted by molar-refractivity contribution is 0.0924. The van der Waals surface area contributed by atoms with Crippen molar-refractivity contribution in [3.63, 3.8) is 0 Å². The lowest BCUT2D eigenvalue weighted by atomic mass is 9.99. The molecular formula is C34H43N3O2. The number of nitrogens with zero attached hydrogens (tertiary/aromatic N) is 2. The van der Waals surface area contributed by atoms with Gasteiger partial charge in [0.05, 0.1) is 12.6 Å². The largest absolute Gasteiger partial charge is 0.493 e. The fraction of sp³-hybridized carbons (Fsp3) is 0.441. The molecule has 2 bridgehead atoms. The molecule has 5 rings (SSSR count). The number of benzene rings is 3. The van der Waals surface area contributed by atoms with Gasteiger partial charge < -0.3 is 15.0 Å². The number of likely N-dealkylation sites (tertiary alicyclic amines) is 1. The maximum atomic E-state index is 13.4. The van der Waals surface area contributed by atoms with Gasteiger partial charge in [-0.2, -0.15) is 0 Å². The predicted octanol–water partition coefficient (Wildman–Crippen LogP) is 6.23. The molecule has 2 heterocycles. The zero-order valence-corrected chi connectivity index (χ0v) is 23.4. The summed E-state index contributed by atoms with van der Waals surface area (Å²) >= 11 is 0. The van der Waals surface area contributed by atoms with Crippen molar-refractivity contribution in [1.82, 2.24) is 15.1 Å². The van der Waals surface area contributed by atoms with Crippen LogP contribution >= 0.6 is 0 Å². The van der Waals surface area contributed by atoms with Gasteiger partial charge in [-0.15, -0.1) is 0 Å². The second-order valence-electron chi connectivity index (χ2n) is 11.2. The van der Waals surface area contributed by atoms with E-state index in [1.807, 2.05) is 18.2 Å². The summed E-state index contributed by atoms with van der Waals surface area (Å²) in [7, 11) is 2.20. The van der Waals surface area contributed by atoms with Crippen molar-refractivity contribution in [1.29, 1.82) is 0 Å². The van der Waals surface area contributed by atoms with E-state index in [2.05, 4.69) is 76.8 Å². The van der Waals surface area contributed by atoms with Crippen molar-refractivity contribution in [3.05, 3.63) is 101 Å². The number of nitrogens with one attached hydrogen (secondary N) is 1. The zero-order valence-electron chi connectivity index (χ0n) is 23.4. The molecule has 206 valence electrons. The van der Waals surface area contributed by atoms with Gasteiger partial charge in [-0.25, -0.2) is 0 Å². The van der Waals surface area contributed by atoms with Crippen LogP contribution in [0.15, 0.2) is 72.8 Å². The van der Waals surface area contributed by atoms with Crippen LogP contribution in [-0.2, 0) is 13.0 Å². The Balaban J connectivity index is 1.34. The molecule has 1 atom stereocenters. The normalized spacial score (nSPS) is 18.3. The van der Waals surface area contributed by atoms with Gasteiger partial charge in [0.2, 0.25) is 0 Å². The Hall–Kier alpha value is -3.15. The quantitative estimate of drug-likeness (QED) is 0.429. The molecule has 1 fully saturated rings. The fourth-order valence-electron chi connectivity index (χ4n) is 5.95. The molecular weight excluding hydrogens is 482 g/mol. The van der Waals surface area contributed by atoms with Crippen LogP contribution in [0.3, 0.4) is 0 Å². The molecule has 3 aromatic carbocycles. The molecule has 0 aliphatic carbocycles. The number of hydrogen-bond donors (Lipinski definition) is 1. The maximum Gasteiger partial charge on any atom is 0.251 e. The van der Waals surface area contributed by atoms with Gasteiger partial charge in [-0.1, -0.05) is 61.0 Å². The van der Waals surface area contributed by atoms with E-state index >= 15 is 0 Å². The van der Waals surface area contributed by atoms with Crippen LogP contribution in [0, 0.1) is 0 Å². The summed E-state index contributed by atoms with van der Waals surface area (Å²) < 4.78 is 6.25. The van der Waals surface area contributed by atoms with Crippen LogP contribution < -0.4 is 10.1 Å². The first-order chi connectivity index (χ1) is 19.2. The minimum Gasteiger partial charge on any atom is -0.493 e. The summed E-state index contributed by atoms with van der Waals surface area (Å²) in [5.41, 5.74) is 5.60. The summed E-state index contributed by atoms with van der Waals surface area (Å²) in [6.07, 6.45) is 7.85. The van der Waals surface area contributed by atoms with Crippen LogP contribution in [0.5, 0.6) is 5.75 Å². The highest BCUT2D eigenvalue weighted by molar-refractivity contribution is 5.94. The summed E-state index contributed by atoms with van der Waals surface area (Å²) in [5, 5.41) is 3.27. The van der Waals surface area contributed by atoms with Crippen LogP contribution in [0.1, 0.15) is 77.2 Å². The summed E-state index contributed by atoms with van der Waals surface area (Å²) in [4.78, 5) is 18.4. The van der Waals surface area contributed by atoms with Gasteiger partial charge in [-0.3, -0.25) is 9.69 Å². The molecule has 0 radical (unpaired) electrons. The highest BCUT2D eigenvalue weighted by Gasteiger charge is 2.23. The molecule has 0 aromatic heterocycles. The van der Waals surface area contributed by atoms with E-state index in [-0.39, 0.29) is 11.9 Å². The third-order valence-corrected chi connectivity index (χ3v) is 8.07. The monoisotopic (exact) mass is 525 g/mol. The van der Waals surface area contributed by atoms with E-state index in [1.54, 1.807) is 0 Å². The van der Waals surface area contributed by atoms with Crippen molar-refractivity contribution in [2.75, 3.05) is 39.8 Å². The number of fused-ring (bicyclic) bond motifs is 3. The number of rotatable bonds is 5. The van der Waals surface area contributed by atoms with E-state index in [0.29, 0.717) is 18.7 Å². The molecule has 5 heteroatoms. The Labute approximate surface area is 234 Å². The van der Waals surface area contributed by atoms with E-state index < -0.39 is 0 Å². The molecule has 39 heavy (non-hydrogen) atoms. The van der Waals surface area contributed by atoms with E-state index in [9.17, 15) is 4.79 Å². The smallest absolute Gasteiger partial charge is 0.251 e. The Bertz CT molecular complexity index is 1210. The minimum atomic E-state index is -0.0227. The second kappa shape index (κ2) is 13.8. The molecule has 1 saturated heterocycles. The van der Waals surface area contributed by atoms with Crippen molar-refractivity contribution < 1.29 is 9.53 Å². The van der Waals surface area contributed by atoms with Gasteiger partial charge in [0.15, 0.2) is 0 Å². The molecule has 3 aromatic rings. The van der Waals surface area contributed by atoms with E-state index in [4.69, 9.17) is 4.74 Å². The number of ether oxygens (including phenoxy) is 1. The molecule has 0 saturated carbocycles. The van der Waals surface area contributed by atoms with Gasteiger partial charge in [0, 0.05) is 25.1 Å². The van der Waals surface area contributed by atoms with Crippen molar-refractivity contribution >= 4 is 5.91 Å². The Morgan fingerprint density at radius 3 is 2.46 bits per heavy atom. The van der Waals surface area contributed by atoms with Gasteiger partial charge >= 0.3 is 0 Å². The summed E-state index contributed by atoms with van der Waals surface area (Å²) in [6, 6.07) is 25.6. The first-order valence-corrected chi connectivity index (χ1v) is 14.7. The number of carbonyl (C=O) groups is 1. The topological polar surface area (TPSA) is 44.8 Å². The molecule has 0 spiro atoms. The predicted molar refractivity (Wildman–Crippen MR) is 158 cm³/mol. The Morgan fingerprint density at radius 1 is 0.846 bits per heavy atom. The van der Waals surface area contributed by atoms with E-state index in [1.165, 1.54) is 42.4 Å². The Morgan fingerprint density at radius 2 is 1.62 bits per heavy atom. The molecule has 1 unspecified atom stereocenters. The molecule has 1 N–H and O–H groups in total. The third kappa shape index (κ3) is 7.71. The highest BCUT2D eigenvalue weighted by Crippen LogP contribution is 2.27. The highest BCUT2D eigenvalue weighted by atomic mass is 16.5. The fourth-order valence-corrected chi connectivity index (χ4v) is 5.95. The van der Waals surface area contributed by atoms with Crippen molar-refractivity contribution in [2.24, 2.45) is 0 Å². The third-order valence-electron chi connectivity index (χ3n) is 8.07. The van der Waals surface area contributed by atoms with Gasteiger partial charge in [0.25, 0.3) is 5.91 Å². The molecule has 2 aliphatic rings. The Kier molecular flexibility index (Phi) is 9.68. The lowest BCUT2D eigenvalue weighted by Gasteiger charge is -2.35. The molecule has 5 nitrogen and oxygen atoms in total. The average Bonchev–Trinajstić information content (AvgIpc) is 2.96. The number of piperidine rings is 1. The first-order valence-electron chi connectivity index (χ1n) is 14.7. The summed E-state index contributed by atoms with van der Waals surface area (Å²) in [6.45, 7) is 5.53. The average molecular weight is 526 g/mol. The number of amides is 1. The van der Waals surface area contributed by atoms with E-state index in [0.717, 1.165) is 56.8 Å². The van der Waals surface area contributed by atoms with Gasteiger partial charge in [0.1, 0.15) is 5.75 Å². The van der Waals surface area contributed by atoms with Crippen LogP contribution in [-0.4, -0.2) is 55.5 Å². The van der Waals surface area contributed by atoms with Gasteiger partial charge in [-0.05, 0) is 99.2 Å². The maximum absolute atomic E-state index is 13.4. The molecule has 2 aliphatic heterocycles. The molecule has 1 amide bonds. The lowest BCUT2D eigenvalue weighted by Crippen LogP contribution is -2.40. The number of hydrogen-bond acceptors (Lipinski definition) is 4. The summed E-state index contributed by atoms with van der Waals surface area (Å²) in [5.74, 6) is 0.868. The zero-order chi connectivity index (χ0) is 26.9. The minimum absolute atomic E-state index is 0.0227. The standard InChI is InChI=1S/C34H43N3O2/c1-36-18-7-4-10-21-39-33-17-16-30(24-31(33)23-27-12-11-13-28(22-27)26-36)34(38)35-25-32(29-14-5-2-6-15-29)37-19-8-3-9-20-37/h2,5-6,11-17,22,24,32H,3-4,7-10,18-21,23,25-26H2,1H3,(H,35,38). The number of carbonyl (C=O) groups excluding carboxylic acids is 1. The SMILES string of the molecule is CN1CCCCCOc2ccc(C(=O)NCC(c3ccccc3)N3CCCCC3)cc2Cc2cccc(c2)C1. The van der Waals surface area contributed by atoms with Crippen molar-refractivity contribution in [2.45, 2.75) is 57.5 Å². The van der Waals surface area contributed by atoms with Crippen LogP contribution in [0.2, 0.25) is 0 Å². The second-order valence-corrected chi connectivity index (χ2v) is 11.2. The van der Waals surface area contributed by atoms with Crippen LogP contribution in [0.25, 0.3) is 0 Å².